The van der Waals surface area contributed by atoms with Gasteiger partial charge in [0, 0.05) is 15.5 Å². The monoisotopic (exact) mass is 496 g/mol. The molecule has 0 aromatic heterocycles. The predicted octanol–water partition coefficient (Wildman–Crippen LogP) is 6.61. The second-order valence-corrected chi connectivity index (χ2v) is 8.53. The molecular formula is C22H16Cl3FN2O2S. The van der Waals surface area contributed by atoms with E-state index in [4.69, 9.17) is 39.5 Å². The maximum atomic E-state index is 13.7. The van der Waals surface area contributed by atoms with Crippen LogP contribution >= 0.6 is 46.6 Å². The molecule has 0 atom stereocenters. The highest BCUT2D eigenvalue weighted by atomic mass is 35.5. The molecule has 0 saturated heterocycles. The lowest BCUT2D eigenvalue weighted by Crippen LogP contribution is -2.19. The fraction of sp³-hybridized carbons (Fsp3) is 0.0909. The molecule has 1 amide bonds. The van der Waals surface area contributed by atoms with Crippen LogP contribution in [0.2, 0.25) is 15.1 Å². The highest BCUT2D eigenvalue weighted by Gasteiger charge is 2.11. The smallest absolute Gasteiger partial charge is 0.250 e. The van der Waals surface area contributed by atoms with Crippen LogP contribution in [0.25, 0.3) is 0 Å². The quantitative estimate of drug-likeness (QED) is 0.216. The Morgan fingerprint density at radius 2 is 1.74 bits per heavy atom. The van der Waals surface area contributed by atoms with Crippen molar-refractivity contribution < 1.29 is 13.9 Å². The number of nitrogens with one attached hydrogen (secondary N) is 1. The van der Waals surface area contributed by atoms with Crippen molar-refractivity contribution in [2.75, 3.05) is 5.75 Å². The average molecular weight is 498 g/mol. The predicted molar refractivity (Wildman–Crippen MR) is 125 cm³/mol. The maximum Gasteiger partial charge on any atom is 0.250 e. The molecule has 160 valence electrons. The summed E-state index contributed by atoms with van der Waals surface area (Å²) in [4.78, 5) is 12.9. The lowest BCUT2D eigenvalue weighted by molar-refractivity contribution is -0.118. The summed E-state index contributed by atoms with van der Waals surface area (Å²) in [6.45, 7) is -0.0130. The summed E-state index contributed by atoms with van der Waals surface area (Å²) in [5, 5.41) is 5.05. The van der Waals surface area contributed by atoms with Gasteiger partial charge in [0.1, 0.15) is 12.4 Å². The Morgan fingerprint density at radius 1 is 1.06 bits per heavy atom. The minimum absolute atomic E-state index is 0.0130. The van der Waals surface area contributed by atoms with Crippen LogP contribution in [-0.4, -0.2) is 17.9 Å². The second-order valence-electron chi connectivity index (χ2n) is 6.23. The van der Waals surface area contributed by atoms with Crippen LogP contribution in [0.5, 0.6) is 5.75 Å². The molecular weight excluding hydrogens is 482 g/mol. The van der Waals surface area contributed by atoms with Gasteiger partial charge in [-0.05, 0) is 48.0 Å². The SMILES string of the molecule is O=C(CSc1ccc(Cl)cc1)N/N=C\c1cc(Cl)c(OCc2ccccc2F)c(Cl)c1. The van der Waals surface area contributed by atoms with Crippen molar-refractivity contribution in [2.45, 2.75) is 11.5 Å². The maximum absolute atomic E-state index is 13.7. The number of thioether (sulfide) groups is 1. The van der Waals surface area contributed by atoms with Gasteiger partial charge in [-0.25, -0.2) is 9.82 Å². The Bertz CT molecular complexity index is 1070. The van der Waals surface area contributed by atoms with Crippen LogP contribution in [0.3, 0.4) is 0 Å². The molecule has 1 N–H and O–H groups in total. The zero-order chi connectivity index (χ0) is 22.2. The fourth-order valence-electron chi connectivity index (χ4n) is 2.45. The third-order valence-corrected chi connectivity index (χ3v) is 5.76. The van der Waals surface area contributed by atoms with E-state index in [0.717, 1.165) is 4.90 Å². The van der Waals surface area contributed by atoms with E-state index < -0.39 is 0 Å². The largest absolute Gasteiger partial charge is 0.486 e. The molecule has 0 aliphatic rings. The van der Waals surface area contributed by atoms with Crippen LogP contribution < -0.4 is 10.2 Å². The molecule has 3 aromatic carbocycles. The molecule has 0 spiro atoms. The third kappa shape index (κ3) is 7.14. The average Bonchev–Trinajstić information content (AvgIpc) is 2.74. The molecule has 3 rings (SSSR count). The number of hydrazone groups is 1. The Hall–Kier alpha value is -2.25. The normalized spacial score (nSPS) is 11.0. The molecule has 0 heterocycles. The molecule has 0 aliphatic carbocycles. The van der Waals surface area contributed by atoms with Gasteiger partial charge in [0.25, 0.3) is 0 Å². The Kier molecular flexibility index (Phi) is 8.60. The van der Waals surface area contributed by atoms with Crippen LogP contribution in [0, 0.1) is 5.82 Å². The molecule has 31 heavy (non-hydrogen) atoms. The van der Waals surface area contributed by atoms with Crippen molar-refractivity contribution in [2.24, 2.45) is 5.10 Å². The van der Waals surface area contributed by atoms with Crippen molar-refractivity contribution in [1.29, 1.82) is 0 Å². The van der Waals surface area contributed by atoms with Crippen LogP contribution in [0.15, 0.2) is 70.7 Å². The third-order valence-electron chi connectivity index (χ3n) is 3.94. The highest BCUT2D eigenvalue weighted by Crippen LogP contribution is 2.34. The summed E-state index contributed by atoms with van der Waals surface area (Å²) >= 11 is 19.7. The lowest BCUT2D eigenvalue weighted by atomic mass is 10.2. The van der Waals surface area contributed by atoms with Crippen LogP contribution in [0.1, 0.15) is 11.1 Å². The van der Waals surface area contributed by atoms with Crippen molar-refractivity contribution in [3.05, 3.63) is 92.7 Å². The van der Waals surface area contributed by atoms with E-state index in [1.54, 1.807) is 42.5 Å². The number of rotatable bonds is 8. The number of carbonyl (C=O) groups excluding carboxylic acids is 1. The van der Waals surface area contributed by atoms with Gasteiger partial charge >= 0.3 is 0 Å². The molecule has 0 aliphatic heterocycles. The van der Waals surface area contributed by atoms with Gasteiger partial charge in [0.2, 0.25) is 5.91 Å². The van der Waals surface area contributed by atoms with Crippen molar-refractivity contribution >= 4 is 58.7 Å². The van der Waals surface area contributed by atoms with Gasteiger partial charge in [-0.15, -0.1) is 11.8 Å². The summed E-state index contributed by atoms with van der Waals surface area (Å²) in [7, 11) is 0. The summed E-state index contributed by atoms with van der Waals surface area (Å²) in [5.74, 6) is -0.197. The molecule has 9 heteroatoms. The van der Waals surface area contributed by atoms with Crippen LogP contribution in [-0.2, 0) is 11.4 Å². The second kappa shape index (κ2) is 11.4. The van der Waals surface area contributed by atoms with E-state index in [1.807, 2.05) is 12.1 Å². The van der Waals surface area contributed by atoms with Gasteiger partial charge in [-0.1, -0.05) is 53.0 Å². The Labute approximate surface area is 198 Å². The van der Waals surface area contributed by atoms with E-state index in [1.165, 1.54) is 24.0 Å². The fourth-order valence-corrected chi connectivity index (χ4v) is 3.88. The number of halogens is 4. The number of carbonyl (C=O) groups is 1. The summed E-state index contributed by atoms with van der Waals surface area (Å²) in [6.07, 6.45) is 1.42. The Morgan fingerprint density at radius 3 is 2.42 bits per heavy atom. The van der Waals surface area contributed by atoms with E-state index in [9.17, 15) is 9.18 Å². The standard InChI is InChI=1S/C22H16Cl3FN2O2S/c23-16-5-7-17(8-6-16)31-13-21(29)28-27-11-14-9-18(24)22(19(25)10-14)30-12-15-3-1-2-4-20(15)26/h1-11H,12-13H2,(H,28,29)/b27-11-. The van der Waals surface area contributed by atoms with Gasteiger partial charge in [-0.3, -0.25) is 4.79 Å². The molecule has 0 unspecified atom stereocenters. The lowest BCUT2D eigenvalue weighted by Gasteiger charge is -2.11. The van der Waals surface area contributed by atoms with Gasteiger partial charge in [-0.2, -0.15) is 5.10 Å². The molecule has 3 aromatic rings. The first-order chi connectivity index (χ1) is 14.9. The Balaban J connectivity index is 1.54. The number of hydrogen-bond donors (Lipinski definition) is 1. The first-order valence-corrected chi connectivity index (χ1v) is 11.1. The zero-order valence-electron chi connectivity index (χ0n) is 15.9. The van der Waals surface area contributed by atoms with Gasteiger partial charge in [0.05, 0.1) is 22.0 Å². The van der Waals surface area contributed by atoms with Crippen molar-refractivity contribution in [3.63, 3.8) is 0 Å². The molecule has 0 radical (unpaired) electrons. The molecule has 4 nitrogen and oxygen atoms in total. The summed E-state index contributed by atoms with van der Waals surface area (Å²) in [6, 6.07) is 16.6. The molecule has 0 fully saturated rings. The minimum Gasteiger partial charge on any atom is -0.486 e. The van der Waals surface area contributed by atoms with E-state index in [0.29, 0.717) is 16.1 Å². The first kappa shape index (κ1) is 23.4. The summed E-state index contributed by atoms with van der Waals surface area (Å²) in [5.41, 5.74) is 3.40. The number of benzene rings is 3. The number of hydrogen-bond acceptors (Lipinski definition) is 4. The van der Waals surface area contributed by atoms with Gasteiger partial charge < -0.3 is 4.74 Å². The van der Waals surface area contributed by atoms with Crippen molar-refractivity contribution in [1.82, 2.24) is 5.43 Å². The first-order valence-electron chi connectivity index (χ1n) is 8.98. The van der Waals surface area contributed by atoms with Crippen LogP contribution in [0.4, 0.5) is 4.39 Å². The topological polar surface area (TPSA) is 50.7 Å². The number of nitrogens with zero attached hydrogens (tertiary/aromatic N) is 1. The summed E-state index contributed by atoms with van der Waals surface area (Å²) < 4.78 is 19.3. The molecule has 0 bridgehead atoms. The number of ether oxygens (including phenoxy) is 1. The number of amides is 1. The van der Waals surface area contributed by atoms with E-state index in [-0.39, 0.29) is 39.9 Å². The molecule has 0 saturated carbocycles. The minimum atomic E-state index is -0.372. The highest BCUT2D eigenvalue weighted by molar-refractivity contribution is 8.00. The van der Waals surface area contributed by atoms with E-state index in [2.05, 4.69) is 10.5 Å². The van der Waals surface area contributed by atoms with Crippen molar-refractivity contribution in [3.8, 4) is 5.75 Å². The van der Waals surface area contributed by atoms with Gasteiger partial charge in [0.15, 0.2) is 5.75 Å². The zero-order valence-corrected chi connectivity index (χ0v) is 19.0. The van der Waals surface area contributed by atoms with E-state index >= 15 is 0 Å².